The van der Waals surface area contributed by atoms with E-state index in [1.165, 1.54) is 16.7 Å². The maximum atomic E-state index is 13.1. The molecule has 0 radical (unpaired) electrons. The van der Waals surface area contributed by atoms with Crippen molar-refractivity contribution in [1.29, 1.82) is 0 Å². The van der Waals surface area contributed by atoms with Crippen LogP contribution in [0, 0.1) is 0 Å². The van der Waals surface area contributed by atoms with Gasteiger partial charge in [-0.3, -0.25) is 19.2 Å². The minimum absolute atomic E-state index is 0.101. The number of carbonyl (C=O) groups is 5. The number of carbonyl (C=O) groups excluding carboxylic acids is 4. The summed E-state index contributed by atoms with van der Waals surface area (Å²) < 4.78 is 0. The Morgan fingerprint density at radius 3 is 2.42 bits per heavy atom. The van der Waals surface area contributed by atoms with Crippen molar-refractivity contribution < 1.29 is 29.1 Å². The minimum atomic E-state index is -1.20. The lowest BCUT2D eigenvalue weighted by molar-refractivity contribution is -0.143. The first-order valence-corrected chi connectivity index (χ1v) is 13.2. The molecule has 4 atom stereocenters. The number of amides is 4. The quantitative estimate of drug-likeness (QED) is 0.219. The van der Waals surface area contributed by atoms with Crippen LogP contribution >= 0.6 is 11.8 Å². The molecule has 1 aliphatic rings. The molecule has 1 aromatic carbocycles. The standard InChI is InChI=1S/C24H35N5O6S/c1-36-13-11-18(24(34)35)28-21(31)17(9-10-20(26)30)27-22(32)19-8-5-12-29(19)23(33)16(25)14-15-6-3-2-4-7-15/h2-4,6-7,16-19H,5,8-14,25H2,1H3,(H2,26,30)(H,27,32)(H,28,31)(H,34,35). The number of carboxylic acids is 1. The number of nitrogens with one attached hydrogen (secondary N) is 2. The van der Waals surface area contributed by atoms with Crippen molar-refractivity contribution in [3.63, 3.8) is 0 Å². The number of nitrogens with two attached hydrogens (primary N) is 2. The Kier molecular flexibility index (Phi) is 11.7. The second-order valence-electron chi connectivity index (χ2n) is 8.73. The number of hydrogen-bond donors (Lipinski definition) is 5. The van der Waals surface area contributed by atoms with Gasteiger partial charge in [-0.1, -0.05) is 30.3 Å². The highest BCUT2D eigenvalue weighted by molar-refractivity contribution is 7.98. The highest BCUT2D eigenvalue weighted by Crippen LogP contribution is 2.20. The number of aliphatic carboxylic acids is 1. The maximum Gasteiger partial charge on any atom is 0.326 e. The van der Waals surface area contributed by atoms with Crippen LogP contribution in [0.15, 0.2) is 30.3 Å². The van der Waals surface area contributed by atoms with Crippen LogP contribution in [0.5, 0.6) is 0 Å². The Morgan fingerprint density at radius 1 is 1.11 bits per heavy atom. The Morgan fingerprint density at radius 2 is 1.81 bits per heavy atom. The summed E-state index contributed by atoms with van der Waals surface area (Å²) in [5.74, 6) is -3.00. The molecule has 2 rings (SSSR count). The number of primary amides is 1. The third-order valence-corrected chi connectivity index (χ3v) is 6.64. The molecule has 4 unspecified atom stereocenters. The van der Waals surface area contributed by atoms with E-state index in [9.17, 15) is 29.1 Å². The Balaban J connectivity index is 2.08. The topological polar surface area (TPSA) is 185 Å². The van der Waals surface area contributed by atoms with E-state index in [0.717, 1.165) is 5.56 Å². The third kappa shape index (κ3) is 8.83. The zero-order valence-electron chi connectivity index (χ0n) is 20.4. The summed E-state index contributed by atoms with van der Waals surface area (Å²) in [6, 6.07) is 5.33. The largest absolute Gasteiger partial charge is 0.480 e. The first-order chi connectivity index (χ1) is 17.1. The minimum Gasteiger partial charge on any atom is -0.480 e. The molecule has 4 amide bonds. The molecule has 1 heterocycles. The summed E-state index contributed by atoms with van der Waals surface area (Å²) in [6.07, 6.45) is 3.04. The molecule has 198 valence electrons. The maximum absolute atomic E-state index is 13.1. The molecule has 36 heavy (non-hydrogen) atoms. The molecule has 1 aromatic rings. The van der Waals surface area contributed by atoms with E-state index in [2.05, 4.69) is 10.6 Å². The van der Waals surface area contributed by atoms with Crippen LogP contribution in [0.25, 0.3) is 0 Å². The van der Waals surface area contributed by atoms with Crippen molar-refractivity contribution in [2.75, 3.05) is 18.6 Å². The number of benzene rings is 1. The van der Waals surface area contributed by atoms with Crippen molar-refractivity contribution in [3.05, 3.63) is 35.9 Å². The summed E-state index contributed by atoms with van der Waals surface area (Å²) in [7, 11) is 0. The first-order valence-electron chi connectivity index (χ1n) is 11.8. The van der Waals surface area contributed by atoms with Gasteiger partial charge in [0.2, 0.25) is 23.6 Å². The molecule has 0 saturated carbocycles. The first kappa shape index (κ1) is 29.1. The molecule has 12 heteroatoms. The van der Waals surface area contributed by atoms with Gasteiger partial charge in [0.1, 0.15) is 18.1 Å². The molecule has 1 aliphatic heterocycles. The van der Waals surface area contributed by atoms with Gasteiger partial charge < -0.3 is 32.1 Å². The van der Waals surface area contributed by atoms with E-state index >= 15 is 0 Å². The van der Waals surface area contributed by atoms with Crippen LogP contribution in [0.1, 0.15) is 37.7 Å². The monoisotopic (exact) mass is 521 g/mol. The Bertz CT molecular complexity index is 931. The molecule has 1 fully saturated rings. The summed E-state index contributed by atoms with van der Waals surface area (Å²) in [6.45, 7) is 0.354. The Hall–Kier alpha value is -3.12. The van der Waals surface area contributed by atoms with Crippen LogP contribution in [0.4, 0.5) is 0 Å². The molecule has 7 N–H and O–H groups in total. The Labute approximate surface area is 214 Å². The van der Waals surface area contributed by atoms with Gasteiger partial charge in [0.05, 0.1) is 6.04 Å². The molecule has 0 aromatic heterocycles. The van der Waals surface area contributed by atoms with Crippen LogP contribution in [0.2, 0.25) is 0 Å². The number of rotatable bonds is 14. The second-order valence-corrected chi connectivity index (χ2v) is 9.72. The fraction of sp³-hybridized carbons (Fsp3) is 0.542. The van der Waals surface area contributed by atoms with Crippen LogP contribution in [-0.4, -0.2) is 82.3 Å². The zero-order chi connectivity index (χ0) is 26.7. The zero-order valence-corrected chi connectivity index (χ0v) is 21.2. The highest BCUT2D eigenvalue weighted by atomic mass is 32.2. The van der Waals surface area contributed by atoms with Crippen LogP contribution in [-0.2, 0) is 30.4 Å². The normalized spacial score (nSPS) is 17.6. The smallest absolute Gasteiger partial charge is 0.326 e. The molecule has 11 nitrogen and oxygen atoms in total. The summed E-state index contributed by atoms with van der Waals surface area (Å²) in [5, 5.41) is 14.4. The van der Waals surface area contributed by atoms with Gasteiger partial charge in [0.15, 0.2) is 0 Å². The van der Waals surface area contributed by atoms with Gasteiger partial charge in [-0.05, 0) is 49.7 Å². The van der Waals surface area contributed by atoms with Crippen molar-refractivity contribution in [2.45, 2.75) is 62.7 Å². The van der Waals surface area contributed by atoms with E-state index in [4.69, 9.17) is 11.5 Å². The number of likely N-dealkylation sites (tertiary alicyclic amines) is 1. The third-order valence-electron chi connectivity index (χ3n) is 5.99. The highest BCUT2D eigenvalue weighted by Gasteiger charge is 2.38. The van der Waals surface area contributed by atoms with E-state index in [1.807, 2.05) is 36.6 Å². The molecular formula is C24H35N5O6S. The predicted octanol–water partition coefficient (Wildman–Crippen LogP) is -0.380. The fourth-order valence-corrected chi connectivity index (χ4v) is 4.53. The van der Waals surface area contributed by atoms with Gasteiger partial charge in [-0.15, -0.1) is 0 Å². The average molecular weight is 522 g/mol. The lowest BCUT2D eigenvalue weighted by Crippen LogP contribution is -2.57. The van der Waals surface area contributed by atoms with Crippen molar-refractivity contribution in [2.24, 2.45) is 11.5 Å². The van der Waals surface area contributed by atoms with E-state index in [1.54, 1.807) is 0 Å². The number of carboxylic acid groups (broad SMARTS) is 1. The predicted molar refractivity (Wildman–Crippen MR) is 136 cm³/mol. The van der Waals surface area contributed by atoms with Gasteiger partial charge in [0, 0.05) is 13.0 Å². The van der Waals surface area contributed by atoms with Crippen molar-refractivity contribution in [3.8, 4) is 0 Å². The number of hydrogen-bond acceptors (Lipinski definition) is 7. The van der Waals surface area contributed by atoms with E-state index in [-0.39, 0.29) is 25.2 Å². The van der Waals surface area contributed by atoms with Crippen LogP contribution in [0.3, 0.4) is 0 Å². The van der Waals surface area contributed by atoms with E-state index in [0.29, 0.717) is 31.6 Å². The van der Waals surface area contributed by atoms with Gasteiger partial charge in [-0.25, -0.2) is 4.79 Å². The SMILES string of the molecule is CSCCC(NC(=O)C(CCC(N)=O)NC(=O)C1CCCN1C(=O)C(N)Cc1ccccc1)C(=O)O. The number of thioether (sulfide) groups is 1. The lowest BCUT2D eigenvalue weighted by atomic mass is 10.0. The summed E-state index contributed by atoms with van der Waals surface area (Å²) in [5.41, 5.74) is 12.3. The van der Waals surface area contributed by atoms with Gasteiger partial charge in [-0.2, -0.15) is 11.8 Å². The average Bonchev–Trinajstić information content (AvgIpc) is 3.34. The molecule has 1 saturated heterocycles. The fourth-order valence-electron chi connectivity index (χ4n) is 4.06. The van der Waals surface area contributed by atoms with Crippen molar-refractivity contribution in [1.82, 2.24) is 15.5 Å². The van der Waals surface area contributed by atoms with Gasteiger partial charge in [0.25, 0.3) is 0 Å². The number of nitrogens with zero attached hydrogens (tertiary/aromatic N) is 1. The van der Waals surface area contributed by atoms with Crippen LogP contribution < -0.4 is 22.1 Å². The van der Waals surface area contributed by atoms with E-state index < -0.39 is 47.9 Å². The molecule has 0 spiro atoms. The lowest BCUT2D eigenvalue weighted by Gasteiger charge is -2.28. The summed E-state index contributed by atoms with van der Waals surface area (Å²) in [4.78, 5) is 63.3. The van der Waals surface area contributed by atoms with Gasteiger partial charge >= 0.3 is 5.97 Å². The molecule has 0 bridgehead atoms. The second kappa shape index (κ2) is 14.4. The summed E-state index contributed by atoms with van der Waals surface area (Å²) >= 11 is 1.44. The van der Waals surface area contributed by atoms with Crippen molar-refractivity contribution >= 4 is 41.4 Å². The molecule has 0 aliphatic carbocycles. The molecular weight excluding hydrogens is 486 g/mol.